The third-order valence-electron chi connectivity index (χ3n) is 4.93. The normalized spacial score (nSPS) is 16.5. The van der Waals surface area contributed by atoms with E-state index in [-0.39, 0.29) is 17.2 Å². The van der Waals surface area contributed by atoms with Gasteiger partial charge in [-0.05, 0) is 44.9 Å². The van der Waals surface area contributed by atoms with E-state index in [1.54, 1.807) is 6.92 Å². The van der Waals surface area contributed by atoms with Gasteiger partial charge in [-0.2, -0.15) is 18.3 Å². The minimum absolute atomic E-state index is 0.0324. The number of benzene rings is 1. The minimum atomic E-state index is -4.48. The fraction of sp³-hybridized carbons (Fsp3) is 0.421. The quantitative estimate of drug-likeness (QED) is 0.783. The molecule has 2 N–H and O–H groups in total. The van der Waals surface area contributed by atoms with Gasteiger partial charge < -0.3 is 10.4 Å². The number of aliphatic carboxylic acids is 1. The van der Waals surface area contributed by atoms with E-state index in [1.165, 1.54) is 29.9 Å². The van der Waals surface area contributed by atoms with Gasteiger partial charge in [0.25, 0.3) is 5.91 Å². The molecule has 1 heterocycles. The molecule has 1 saturated carbocycles. The summed E-state index contributed by atoms with van der Waals surface area (Å²) in [6, 6.07) is 4.16. The second-order valence-electron chi connectivity index (χ2n) is 7.07. The highest BCUT2D eigenvalue weighted by molar-refractivity contribution is 5.96. The van der Waals surface area contributed by atoms with Gasteiger partial charge in [-0.3, -0.25) is 9.59 Å². The Kier molecular flexibility index (Phi) is 5.18. The summed E-state index contributed by atoms with van der Waals surface area (Å²) >= 11 is 0. The zero-order valence-electron chi connectivity index (χ0n) is 15.3. The molecule has 150 valence electrons. The van der Waals surface area contributed by atoms with E-state index in [4.69, 9.17) is 5.11 Å². The Labute approximate surface area is 159 Å². The number of nitrogens with zero attached hydrogens (tertiary/aromatic N) is 2. The molecule has 28 heavy (non-hydrogen) atoms. The SMILES string of the molecule is CC(NC(=O)c1cnn(-c2cccc(C(F)(F)F)c2)c1C1CC1)C(C)C(=O)O. The molecule has 0 aliphatic heterocycles. The third kappa shape index (κ3) is 4.02. The number of amides is 1. The van der Waals surface area contributed by atoms with E-state index >= 15 is 0 Å². The average molecular weight is 395 g/mol. The number of carboxylic acids is 1. The van der Waals surface area contributed by atoms with Gasteiger partial charge in [-0.25, -0.2) is 4.68 Å². The Morgan fingerprint density at radius 1 is 1.29 bits per heavy atom. The fourth-order valence-electron chi connectivity index (χ4n) is 2.93. The van der Waals surface area contributed by atoms with Crippen LogP contribution in [0.1, 0.15) is 54.2 Å². The molecule has 2 aromatic rings. The van der Waals surface area contributed by atoms with Crippen molar-refractivity contribution in [1.82, 2.24) is 15.1 Å². The average Bonchev–Trinajstić information content (AvgIpc) is 3.37. The Bertz CT molecular complexity index is 903. The molecule has 1 amide bonds. The van der Waals surface area contributed by atoms with Crippen LogP contribution in [0.5, 0.6) is 0 Å². The number of carbonyl (C=O) groups is 2. The first-order chi connectivity index (χ1) is 13.1. The second kappa shape index (κ2) is 7.29. The molecular weight excluding hydrogens is 375 g/mol. The lowest BCUT2D eigenvalue weighted by molar-refractivity contribution is -0.142. The molecule has 9 heteroatoms. The fourth-order valence-corrected chi connectivity index (χ4v) is 2.93. The van der Waals surface area contributed by atoms with Crippen LogP contribution in [0.15, 0.2) is 30.5 Å². The maximum atomic E-state index is 13.0. The smallest absolute Gasteiger partial charge is 0.416 e. The summed E-state index contributed by atoms with van der Waals surface area (Å²) in [5.41, 5.74) is 0.233. The van der Waals surface area contributed by atoms with Crippen molar-refractivity contribution in [2.75, 3.05) is 0 Å². The van der Waals surface area contributed by atoms with Crippen LogP contribution in [0, 0.1) is 5.92 Å². The lowest BCUT2D eigenvalue weighted by atomic mass is 10.0. The van der Waals surface area contributed by atoms with E-state index in [2.05, 4.69) is 10.4 Å². The lowest BCUT2D eigenvalue weighted by Crippen LogP contribution is -2.40. The van der Waals surface area contributed by atoms with Gasteiger partial charge in [-0.15, -0.1) is 0 Å². The first kappa shape index (κ1) is 19.9. The summed E-state index contributed by atoms with van der Waals surface area (Å²) in [6.07, 6.45) is -1.54. The molecule has 0 radical (unpaired) electrons. The van der Waals surface area contributed by atoms with Crippen LogP contribution in [0.4, 0.5) is 13.2 Å². The molecule has 1 aromatic heterocycles. The van der Waals surface area contributed by atoms with Gasteiger partial charge in [0.15, 0.2) is 0 Å². The summed E-state index contributed by atoms with van der Waals surface area (Å²) < 4.78 is 40.5. The molecule has 2 unspecified atom stereocenters. The molecule has 1 fully saturated rings. The molecule has 2 atom stereocenters. The Balaban J connectivity index is 1.93. The standard InChI is InChI=1S/C19H20F3N3O3/c1-10(18(27)28)11(2)24-17(26)15-9-23-25(16(15)12-6-7-12)14-5-3-4-13(8-14)19(20,21)22/h3-5,8-12H,6-7H2,1-2H3,(H,24,26)(H,27,28). The number of hydrogen-bond acceptors (Lipinski definition) is 3. The molecular formula is C19H20F3N3O3. The first-order valence-electron chi connectivity index (χ1n) is 8.88. The number of nitrogens with one attached hydrogen (secondary N) is 1. The molecule has 1 aromatic carbocycles. The minimum Gasteiger partial charge on any atom is -0.481 e. The number of carbonyl (C=O) groups excluding carboxylic acids is 1. The van der Waals surface area contributed by atoms with Gasteiger partial charge in [0.1, 0.15) is 0 Å². The first-order valence-corrected chi connectivity index (χ1v) is 8.88. The lowest BCUT2D eigenvalue weighted by Gasteiger charge is -2.18. The van der Waals surface area contributed by atoms with Gasteiger partial charge in [0.05, 0.1) is 34.6 Å². The zero-order valence-corrected chi connectivity index (χ0v) is 15.3. The largest absolute Gasteiger partial charge is 0.481 e. The summed E-state index contributed by atoms with van der Waals surface area (Å²) in [7, 11) is 0. The van der Waals surface area contributed by atoms with Crippen molar-refractivity contribution in [1.29, 1.82) is 0 Å². The van der Waals surface area contributed by atoms with E-state index in [1.807, 2.05) is 0 Å². The highest BCUT2D eigenvalue weighted by atomic mass is 19.4. The van der Waals surface area contributed by atoms with Gasteiger partial charge in [-0.1, -0.05) is 6.07 Å². The van der Waals surface area contributed by atoms with E-state index in [0.717, 1.165) is 25.0 Å². The number of rotatable bonds is 6. The summed E-state index contributed by atoms with van der Waals surface area (Å²) in [6.45, 7) is 3.08. The monoisotopic (exact) mass is 395 g/mol. The zero-order chi connectivity index (χ0) is 20.6. The number of aromatic nitrogens is 2. The van der Waals surface area contributed by atoms with Crippen molar-refractivity contribution >= 4 is 11.9 Å². The van der Waals surface area contributed by atoms with Crippen molar-refractivity contribution in [2.45, 2.75) is 44.8 Å². The van der Waals surface area contributed by atoms with Crippen molar-refractivity contribution in [3.63, 3.8) is 0 Å². The van der Waals surface area contributed by atoms with Crippen molar-refractivity contribution < 1.29 is 27.9 Å². The molecule has 1 aliphatic rings. The number of alkyl halides is 3. The van der Waals surface area contributed by atoms with Crippen molar-refractivity contribution in [3.8, 4) is 5.69 Å². The van der Waals surface area contributed by atoms with E-state index in [0.29, 0.717) is 5.69 Å². The molecule has 0 bridgehead atoms. The summed E-state index contributed by atoms with van der Waals surface area (Å²) in [5, 5.41) is 15.9. The third-order valence-corrected chi connectivity index (χ3v) is 4.93. The number of hydrogen-bond donors (Lipinski definition) is 2. The van der Waals surface area contributed by atoms with Crippen LogP contribution in [0.2, 0.25) is 0 Å². The van der Waals surface area contributed by atoms with E-state index < -0.39 is 35.6 Å². The Hall–Kier alpha value is -2.84. The van der Waals surface area contributed by atoms with Crippen LogP contribution in [-0.4, -0.2) is 32.8 Å². The van der Waals surface area contributed by atoms with Crippen LogP contribution >= 0.6 is 0 Å². The van der Waals surface area contributed by atoms with Gasteiger partial charge in [0, 0.05) is 12.0 Å². The van der Waals surface area contributed by atoms with E-state index in [9.17, 15) is 22.8 Å². The predicted molar refractivity (Wildman–Crippen MR) is 94.3 cm³/mol. The van der Waals surface area contributed by atoms with Gasteiger partial charge in [0.2, 0.25) is 0 Å². The maximum absolute atomic E-state index is 13.0. The Morgan fingerprint density at radius 3 is 2.54 bits per heavy atom. The molecule has 0 saturated heterocycles. The second-order valence-corrected chi connectivity index (χ2v) is 7.07. The molecule has 6 nitrogen and oxygen atoms in total. The predicted octanol–water partition coefficient (Wildman–Crippen LogP) is 3.61. The van der Waals surface area contributed by atoms with Crippen LogP contribution in [0.3, 0.4) is 0 Å². The Morgan fingerprint density at radius 2 is 1.96 bits per heavy atom. The summed E-state index contributed by atoms with van der Waals surface area (Å²) in [4.78, 5) is 23.8. The topological polar surface area (TPSA) is 84.2 Å². The highest BCUT2D eigenvalue weighted by Gasteiger charge is 2.35. The van der Waals surface area contributed by atoms with Crippen LogP contribution in [0.25, 0.3) is 5.69 Å². The van der Waals surface area contributed by atoms with Crippen molar-refractivity contribution in [2.24, 2.45) is 5.92 Å². The van der Waals surface area contributed by atoms with Crippen LogP contribution in [-0.2, 0) is 11.0 Å². The maximum Gasteiger partial charge on any atom is 0.416 e. The molecule has 1 aliphatic carbocycles. The number of carboxylic acid groups (broad SMARTS) is 1. The molecule has 3 rings (SSSR count). The highest BCUT2D eigenvalue weighted by Crippen LogP contribution is 2.43. The van der Waals surface area contributed by atoms with Crippen LogP contribution < -0.4 is 5.32 Å². The number of halogens is 3. The summed E-state index contributed by atoms with van der Waals surface area (Å²) in [5.74, 6) is -2.27. The molecule has 0 spiro atoms. The van der Waals surface area contributed by atoms with Crippen molar-refractivity contribution in [3.05, 3.63) is 47.3 Å². The van der Waals surface area contributed by atoms with Gasteiger partial charge >= 0.3 is 12.1 Å².